The molecule has 3 N–H and O–H groups in total. The predicted molar refractivity (Wildman–Crippen MR) is 167 cm³/mol. The zero-order chi connectivity index (χ0) is 28.6. The van der Waals surface area contributed by atoms with E-state index < -0.39 is 0 Å². The van der Waals surface area contributed by atoms with Crippen LogP contribution in [0.1, 0.15) is 55.3 Å². The highest BCUT2D eigenvalue weighted by Crippen LogP contribution is 2.60. The number of anilines is 1. The first kappa shape index (κ1) is 25.8. The molecule has 0 radical (unpaired) electrons. The second-order valence-electron chi connectivity index (χ2n) is 13.5. The Bertz CT molecular complexity index is 1760. The van der Waals surface area contributed by atoms with Gasteiger partial charge in [0.25, 0.3) is 5.56 Å². The minimum atomic E-state index is -0.242. The van der Waals surface area contributed by atoms with Crippen LogP contribution in [0.2, 0.25) is 0 Å². The van der Waals surface area contributed by atoms with Gasteiger partial charge >= 0.3 is 5.69 Å². The molecule has 3 heterocycles. The van der Waals surface area contributed by atoms with Crippen LogP contribution in [0.15, 0.2) is 51.0 Å². The Labute approximate surface area is 244 Å². The highest BCUT2D eigenvalue weighted by molar-refractivity contribution is 5.91. The van der Waals surface area contributed by atoms with Crippen molar-refractivity contribution in [1.29, 1.82) is 0 Å². The molecule has 4 aliphatic carbocycles. The largest absolute Gasteiger partial charge is 0.367 e. The number of piperazine rings is 1. The van der Waals surface area contributed by atoms with Crippen molar-refractivity contribution in [1.82, 2.24) is 24.6 Å². The second kappa shape index (κ2) is 9.59. The third-order valence-electron chi connectivity index (χ3n) is 10.7. The summed E-state index contributed by atoms with van der Waals surface area (Å²) in [4.78, 5) is 40.8. The van der Waals surface area contributed by atoms with Gasteiger partial charge in [0.2, 0.25) is 0 Å². The van der Waals surface area contributed by atoms with Crippen molar-refractivity contribution in [2.75, 3.05) is 38.1 Å². The first-order valence-electron chi connectivity index (χ1n) is 15.5. The number of hydrogen-bond acceptors (Lipinski definition) is 5. The van der Waals surface area contributed by atoms with E-state index in [0.717, 1.165) is 72.2 Å². The van der Waals surface area contributed by atoms with Gasteiger partial charge in [0.1, 0.15) is 0 Å². The van der Waals surface area contributed by atoms with Gasteiger partial charge < -0.3 is 19.8 Å². The third kappa shape index (κ3) is 4.28. The van der Waals surface area contributed by atoms with Crippen LogP contribution in [0.5, 0.6) is 0 Å². The molecule has 4 bridgehead atoms. The molecule has 218 valence electrons. The Morgan fingerprint density at radius 3 is 2.14 bits per heavy atom. The molecular formula is C33H39N7O2. The van der Waals surface area contributed by atoms with E-state index >= 15 is 0 Å². The van der Waals surface area contributed by atoms with Gasteiger partial charge in [0.15, 0.2) is 0 Å². The van der Waals surface area contributed by atoms with Gasteiger partial charge in [-0.25, -0.2) is 9.48 Å². The molecule has 2 aromatic carbocycles. The molecule has 0 amide bonds. The maximum Gasteiger partial charge on any atom is 0.323 e. The van der Waals surface area contributed by atoms with Gasteiger partial charge in [-0.05, 0) is 105 Å². The number of fused-ring (bicyclic) bond motifs is 1. The highest BCUT2D eigenvalue weighted by atomic mass is 16.1. The van der Waals surface area contributed by atoms with Crippen molar-refractivity contribution in [2.45, 2.75) is 50.9 Å². The summed E-state index contributed by atoms with van der Waals surface area (Å²) in [6.07, 6.45) is 9.98. The highest BCUT2D eigenvalue weighted by Gasteiger charge is 2.51. The van der Waals surface area contributed by atoms with E-state index in [0.29, 0.717) is 16.5 Å². The summed E-state index contributed by atoms with van der Waals surface area (Å²) in [6.45, 7) is 5.56. The van der Waals surface area contributed by atoms with Gasteiger partial charge in [-0.15, -0.1) is 0 Å². The standard InChI is InChI=1S/C33H39N7O2/c1-20-26(19-34-29-14-27-28(36-32(42)35-27)15-30(29)39-9-7-38(2)8-10-39)31(41)40(37-20)25-5-3-24(4-6-25)33-16-21-11-22(17-33)13-23(12-21)18-33/h3-6,14-15,19,21-23,37H,7-13,16-18H2,1-2H3,(H2,35,36,42). The van der Waals surface area contributed by atoms with E-state index in [1.165, 1.54) is 44.1 Å². The molecule has 9 nitrogen and oxygen atoms in total. The molecule has 1 saturated heterocycles. The van der Waals surface area contributed by atoms with Gasteiger partial charge in [-0.2, -0.15) is 0 Å². The fourth-order valence-corrected chi connectivity index (χ4v) is 8.92. The summed E-state index contributed by atoms with van der Waals surface area (Å²) in [7, 11) is 2.12. The lowest BCUT2D eigenvalue weighted by molar-refractivity contribution is -0.00518. The van der Waals surface area contributed by atoms with E-state index in [1.807, 2.05) is 19.1 Å². The van der Waals surface area contributed by atoms with Crippen molar-refractivity contribution >= 4 is 28.6 Å². The van der Waals surface area contributed by atoms with Crippen LogP contribution in [0.4, 0.5) is 11.4 Å². The number of aromatic amines is 3. The topological polar surface area (TPSA) is 105 Å². The Morgan fingerprint density at radius 1 is 0.881 bits per heavy atom. The lowest BCUT2D eigenvalue weighted by atomic mass is 9.48. The molecule has 42 heavy (non-hydrogen) atoms. The van der Waals surface area contributed by atoms with Crippen LogP contribution in [-0.4, -0.2) is 64.1 Å². The number of H-pyrrole nitrogens is 3. The van der Waals surface area contributed by atoms with E-state index in [2.05, 4.69) is 56.2 Å². The molecule has 4 aromatic rings. The van der Waals surface area contributed by atoms with Gasteiger partial charge in [-0.3, -0.25) is 14.9 Å². The number of imidazole rings is 1. The average molecular weight is 566 g/mol. The molecule has 5 fully saturated rings. The monoisotopic (exact) mass is 565 g/mol. The molecule has 1 aliphatic heterocycles. The molecule has 0 unspecified atom stereocenters. The van der Waals surface area contributed by atoms with Crippen molar-refractivity contribution in [2.24, 2.45) is 22.7 Å². The van der Waals surface area contributed by atoms with Crippen molar-refractivity contribution in [3.8, 4) is 5.69 Å². The maximum atomic E-state index is 13.6. The number of aliphatic imine (C=N–C) groups is 1. The fourth-order valence-electron chi connectivity index (χ4n) is 8.92. The number of likely N-dealkylation sites (N-methyl/N-ethyl adjacent to an activating group) is 1. The summed E-state index contributed by atoms with van der Waals surface area (Å²) < 4.78 is 1.63. The van der Waals surface area contributed by atoms with Gasteiger partial charge in [-0.1, -0.05) is 12.1 Å². The summed E-state index contributed by atoms with van der Waals surface area (Å²) in [5.74, 6) is 2.71. The number of aryl methyl sites for hydroxylation is 1. The van der Waals surface area contributed by atoms with Crippen LogP contribution in [-0.2, 0) is 5.41 Å². The normalized spacial score (nSPS) is 27.6. The van der Waals surface area contributed by atoms with Crippen LogP contribution < -0.4 is 16.1 Å². The zero-order valence-electron chi connectivity index (χ0n) is 24.4. The number of nitrogens with one attached hydrogen (secondary N) is 3. The molecule has 9 rings (SSSR count). The van der Waals surface area contributed by atoms with Crippen molar-refractivity contribution < 1.29 is 0 Å². The Kier molecular flexibility index (Phi) is 5.90. The van der Waals surface area contributed by atoms with Crippen LogP contribution in [0.3, 0.4) is 0 Å². The van der Waals surface area contributed by atoms with E-state index in [4.69, 9.17) is 4.99 Å². The minimum Gasteiger partial charge on any atom is -0.367 e. The molecule has 0 spiro atoms. The summed E-state index contributed by atoms with van der Waals surface area (Å²) in [5, 5.41) is 3.28. The number of nitrogens with zero attached hydrogens (tertiary/aromatic N) is 4. The average Bonchev–Trinajstić information content (AvgIpc) is 3.47. The van der Waals surface area contributed by atoms with Crippen LogP contribution in [0.25, 0.3) is 16.7 Å². The summed E-state index contributed by atoms with van der Waals surface area (Å²) in [5.41, 5.74) is 6.73. The lowest BCUT2D eigenvalue weighted by Crippen LogP contribution is -2.48. The van der Waals surface area contributed by atoms with E-state index in [9.17, 15) is 9.59 Å². The number of benzene rings is 2. The first-order valence-corrected chi connectivity index (χ1v) is 15.5. The zero-order valence-corrected chi connectivity index (χ0v) is 24.4. The Balaban J connectivity index is 1.10. The maximum absolute atomic E-state index is 13.6. The lowest BCUT2D eigenvalue weighted by Gasteiger charge is -2.57. The quantitative estimate of drug-likeness (QED) is 0.307. The SMILES string of the molecule is Cc1[nH]n(-c2ccc(C34CC5CC(CC(C5)C3)C4)cc2)c(=O)c1C=Nc1cc2[nH]c(=O)[nH]c2cc1N1CCN(C)CC1. The third-order valence-corrected chi connectivity index (χ3v) is 10.7. The van der Waals surface area contributed by atoms with Gasteiger partial charge in [0.05, 0.1) is 33.7 Å². The molecule has 5 aliphatic rings. The second-order valence-corrected chi connectivity index (χ2v) is 13.5. The van der Waals surface area contributed by atoms with Gasteiger partial charge in [0, 0.05) is 38.1 Å². The first-order chi connectivity index (χ1) is 20.3. The van der Waals surface area contributed by atoms with E-state index in [1.54, 1.807) is 10.9 Å². The van der Waals surface area contributed by atoms with Crippen molar-refractivity contribution in [3.05, 3.63) is 74.1 Å². The van der Waals surface area contributed by atoms with Crippen LogP contribution in [0, 0.1) is 24.7 Å². The number of hydrogen-bond donors (Lipinski definition) is 3. The molecule has 2 aromatic heterocycles. The van der Waals surface area contributed by atoms with Crippen molar-refractivity contribution in [3.63, 3.8) is 0 Å². The molecular weight excluding hydrogens is 526 g/mol. The minimum absolute atomic E-state index is 0.115. The summed E-state index contributed by atoms with van der Waals surface area (Å²) in [6, 6.07) is 12.6. The number of aromatic nitrogens is 4. The Hall–Kier alpha value is -3.85. The molecule has 0 atom stereocenters. The van der Waals surface area contributed by atoms with E-state index in [-0.39, 0.29) is 11.2 Å². The number of rotatable bonds is 5. The smallest absolute Gasteiger partial charge is 0.323 e. The fraction of sp³-hybridized carbons (Fsp3) is 0.485. The molecule has 4 saturated carbocycles. The predicted octanol–water partition coefficient (Wildman–Crippen LogP) is 4.61. The van der Waals surface area contributed by atoms with Crippen LogP contribution >= 0.6 is 0 Å². The molecule has 9 heteroatoms. The Morgan fingerprint density at radius 2 is 1.50 bits per heavy atom. The summed E-state index contributed by atoms with van der Waals surface area (Å²) >= 11 is 0.